The molecule has 8 nitrogen and oxygen atoms in total. The second kappa shape index (κ2) is 9.04. The smallest absolute Gasteiger partial charge is 0.269 e. The molecule has 0 spiro atoms. The van der Waals surface area contributed by atoms with Crippen LogP contribution < -0.4 is 10.2 Å². The third-order valence-corrected chi connectivity index (χ3v) is 3.74. The third-order valence-electron chi connectivity index (χ3n) is 3.74. The van der Waals surface area contributed by atoms with Gasteiger partial charge in [-0.1, -0.05) is 42.5 Å². The Balaban J connectivity index is 1.88. The van der Waals surface area contributed by atoms with E-state index in [0.29, 0.717) is 23.0 Å². The zero-order chi connectivity index (χ0) is 19.8. The summed E-state index contributed by atoms with van der Waals surface area (Å²) >= 11 is 0. The Morgan fingerprint density at radius 2 is 1.64 bits per heavy atom. The summed E-state index contributed by atoms with van der Waals surface area (Å²) in [7, 11) is 1.57. The van der Waals surface area contributed by atoms with Crippen molar-refractivity contribution in [3.8, 4) is 5.75 Å². The molecule has 0 bridgehead atoms. The quantitative estimate of drug-likeness (QED) is 0.211. The third kappa shape index (κ3) is 4.76. The van der Waals surface area contributed by atoms with E-state index in [-0.39, 0.29) is 5.69 Å². The van der Waals surface area contributed by atoms with Gasteiger partial charge in [0.05, 0.1) is 17.7 Å². The first-order valence-electron chi connectivity index (χ1n) is 8.35. The fraction of sp³-hybridized carbons (Fsp3) is 0.0500. The number of hydrogen-bond donors (Lipinski definition) is 1. The number of hydrazone groups is 1. The van der Waals surface area contributed by atoms with E-state index in [1.807, 2.05) is 42.5 Å². The second-order valence-corrected chi connectivity index (χ2v) is 5.59. The number of benzene rings is 3. The lowest BCUT2D eigenvalue weighted by Gasteiger charge is -2.05. The van der Waals surface area contributed by atoms with Gasteiger partial charge in [0.15, 0.2) is 0 Å². The number of nitrogens with zero attached hydrogens (tertiary/aromatic N) is 4. The van der Waals surface area contributed by atoms with Crippen molar-refractivity contribution in [2.75, 3.05) is 12.5 Å². The second-order valence-electron chi connectivity index (χ2n) is 5.59. The molecule has 0 fully saturated rings. The highest BCUT2D eigenvalue weighted by Gasteiger charge is 2.06. The summed E-state index contributed by atoms with van der Waals surface area (Å²) in [5.41, 5.74) is 4.78. The number of nitrogens with one attached hydrogen (secondary N) is 1. The highest BCUT2D eigenvalue weighted by Crippen LogP contribution is 2.26. The van der Waals surface area contributed by atoms with Crippen LogP contribution in [0.1, 0.15) is 5.56 Å². The van der Waals surface area contributed by atoms with E-state index >= 15 is 0 Å². The molecule has 0 saturated heterocycles. The van der Waals surface area contributed by atoms with Gasteiger partial charge in [0.1, 0.15) is 11.4 Å². The lowest BCUT2D eigenvalue weighted by Crippen LogP contribution is -2.01. The number of nitro benzene ring substituents is 1. The Morgan fingerprint density at radius 3 is 2.32 bits per heavy atom. The van der Waals surface area contributed by atoms with Crippen molar-refractivity contribution in [2.24, 2.45) is 15.3 Å². The monoisotopic (exact) mass is 375 g/mol. The fourth-order valence-electron chi connectivity index (χ4n) is 2.32. The first kappa shape index (κ1) is 18.7. The molecule has 0 radical (unpaired) electrons. The molecule has 140 valence electrons. The molecule has 0 aliphatic heterocycles. The SMILES string of the molecule is COc1ccccc1N=NC(=NNc1ccc([N+](=O)[O-])cc1)c1ccccc1. The normalized spacial score (nSPS) is 11.4. The summed E-state index contributed by atoms with van der Waals surface area (Å²) in [5.74, 6) is 0.951. The highest BCUT2D eigenvalue weighted by molar-refractivity contribution is 5.99. The number of anilines is 1. The van der Waals surface area contributed by atoms with E-state index < -0.39 is 4.92 Å². The maximum atomic E-state index is 10.8. The molecule has 8 heteroatoms. The van der Waals surface area contributed by atoms with Crippen molar-refractivity contribution in [3.05, 3.63) is 94.5 Å². The summed E-state index contributed by atoms with van der Waals surface area (Å²) in [5, 5.41) is 23.6. The van der Waals surface area contributed by atoms with Gasteiger partial charge in [0.2, 0.25) is 5.84 Å². The number of para-hydroxylation sites is 1. The summed E-state index contributed by atoms with van der Waals surface area (Å²) in [4.78, 5) is 10.3. The Kier molecular flexibility index (Phi) is 6.04. The molecule has 0 aliphatic carbocycles. The van der Waals surface area contributed by atoms with Crippen LogP contribution in [-0.4, -0.2) is 17.9 Å². The van der Waals surface area contributed by atoms with Gasteiger partial charge in [-0.15, -0.1) is 10.2 Å². The van der Waals surface area contributed by atoms with Crippen LogP contribution in [0.15, 0.2) is 94.2 Å². The zero-order valence-corrected chi connectivity index (χ0v) is 15.0. The van der Waals surface area contributed by atoms with E-state index in [0.717, 1.165) is 5.56 Å². The van der Waals surface area contributed by atoms with Gasteiger partial charge >= 0.3 is 0 Å². The van der Waals surface area contributed by atoms with Crippen LogP contribution in [0.4, 0.5) is 17.1 Å². The Morgan fingerprint density at radius 1 is 0.964 bits per heavy atom. The molecule has 0 saturated carbocycles. The van der Waals surface area contributed by atoms with Gasteiger partial charge in [0.25, 0.3) is 5.69 Å². The average molecular weight is 375 g/mol. The number of amidine groups is 1. The topological polar surface area (TPSA) is 101 Å². The molecule has 0 atom stereocenters. The van der Waals surface area contributed by atoms with Gasteiger partial charge < -0.3 is 4.74 Å². The molecule has 3 rings (SSSR count). The van der Waals surface area contributed by atoms with Crippen molar-refractivity contribution in [1.82, 2.24) is 0 Å². The largest absolute Gasteiger partial charge is 0.494 e. The molecule has 28 heavy (non-hydrogen) atoms. The summed E-state index contributed by atoms with van der Waals surface area (Å²) in [6.45, 7) is 0. The van der Waals surface area contributed by atoms with Gasteiger partial charge in [0, 0.05) is 17.7 Å². The van der Waals surface area contributed by atoms with Crippen molar-refractivity contribution < 1.29 is 9.66 Å². The molecule has 1 N–H and O–H groups in total. The average Bonchev–Trinajstić information content (AvgIpc) is 2.75. The van der Waals surface area contributed by atoms with Gasteiger partial charge in [-0.2, -0.15) is 5.10 Å². The predicted molar refractivity (Wildman–Crippen MR) is 107 cm³/mol. The first-order valence-corrected chi connectivity index (χ1v) is 8.35. The van der Waals surface area contributed by atoms with Crippen LogP contribution in [0, 0.1) is 10.1 Å². The van der Waals surface area contributed by atoms with Crippen molar-refractivity contribution in [1.29, 1.82) is 0 Å². The minimum Gasteiger partial charge on any atom is -0.494 e. The van der Waals surface area contributed by atoms with Crippen LogP contribution in [0.2, 0.25) is 0 Å². The standard InChI is InChI=1S/C20H17N5O3/c1-28-19-10-6-5-9-18(19)22-24-20(15-7-3-2-4-8-15)23-21-16-11-13-17(14-12-16)25(26)27/h2-14,21H,1H3. The van der Waals surface area contributed by atoms with E-state index in [1.54, 1.807) is 31.4 Å². The van der Waals surface area contributed by atoms with Crippen LogP contribution in [0.3, 0.4) is 0 Å². The van der Waals surface area contributed by atoms with Gasteiger partial charge in [-0.05, 0) is 24.3 Å². The first-order chi connectivity index (χ1) is 13.7. The lowest BCUT2D eigenvalue weighted by atomic mass is 10.2. The van der Waals surface area contributed by atoms with Crippen LogP contribution in [-0.2, 0) is 0 Å². The van der Waals surface area contributed by atoms with E-state index in [9.17, 15) is 10.1 Å². The predicted octanol–water partition coefficient (Wildman–Crippen LogP) is 5.16. The molecule has 3 aromatic carbocycles. The molecule has 0 aromatic heterocycles. The maximum absolute atomic E-state index is 10.8. The lowest BCUT2D eigenvalue weighted by molar-refractivity contribution is -0.384. The van der Waals surface area contributed by atoms with Crippen LogP contribution >= 0.6 is 0 Å². The van der Waals surface area contributed by atoms with Gasteiger partial charge in [-0.25, -0.2) is 0 Å². The molecule has 0 heterocycles. The maximum Gasteiger partial charge on any atom is 0.269 e. The number of ether oxygens (including phenoxy) is 1. The molecule has 0 unspecified atom stereocenters. The molecular formula is C20H17N5O3. The van der Waals surface area contributed by atoms with Crippen molar-refractivity contribution >= 4 is 22.9 Å². The molecule has 3 aromatic rings. The Labute approximate surface area is 161 Å². The molecule has 0 aliphatic rings. The molecule has 0 amide bonds. The number of rotatable bonds is 6. The number of nitro groups is 1. The minimum atomic E-state index is -0.454. The van der Waals surface area contributed by atoms with Crippen molar-refractivity contribution in [2.45, 2.75) is 0 Å². The zero-order valence-electron chi connectivity index (χ0n) is 15.0. The van der Waals surface area contributed by atoms with Crippen molar-refractivity contribution in [3.63, 3.8) is 0 Å². The van der Waals surface area contributed by atoms with Crippen LogP contribution in [0.25, 0.3) is 0 Å². The summed E-state index contributed by atoms with van der Waals surface area (Å²) in [6.07, 6.45) is 0. The Bertz CT molecular complexity index is 1000. The summed E-state index contributed by atoms with van der Waals surface area (Å²) in [6, 6.07) is 22.6. The van der Waals surface area contributed by atoms with E-state index in [2.05, 4.69) is 20.8 Å². The minimum absolute atomic E-state index is 0.00803. The molecular weight excluding hydrogens is 358 g/mol. The summed E-state index contributed by atoms with van der Waals surface area (Å²) < 4.78 is 5.28. The highest BCUT2D eigenvalue weighted by atomic mass is 16.6. The number of hydrogen-bond acceptors (Lipinski definition) is 6. The Hall–Kier alpha value is -4.07. The van der Waals surface area contributed by atoms with Crippen LogP contribution in [0.5, 0.6) is 5.75 Å². The van der Waals surface area contributed by atoms with E-state index in [4.69, 9.17) is 4.74 Å². The number of non-ortho nitro benzene ring substituents is 1. The van der Waals surface area contributed by atoms with Gasteiger partial charge in [-0.3, -0.25) is 15.5 Å². The van der Waals surface area contributed by atoms with E-state index in [1.165, 1.54) is 12.1 Å². The number of azo groups is 1. The fourth-order valence-corrected chi connectivity index (χ4v) is 2.32. The number of methoxy groups -OCH3 is 1.